The zero-order valence-electron chi connectivity index (χ0n) is 9.46. The molecule has 96 valence electrons. The van der Waals surface area contributed by atoms with Crippen LogP contribution in [0.1, 0.15) is 11.1 Å². The molecule has 0 saturated carbocycles. The first-order valence-corrected chi connectivity index (χ1v) is 5.36. The van der Waals surface area contributed by atoms with Crippen molar-refractivity contribution in [3.05, 3.63) is 35.4 Å². The van der Waals surface area contributed by atoms with E-state index in [0.29, 0.717) is 0 Å². The third kappa shape index (κ3) is 2.49. The minimum atomic E-state index is -1.76. The predicted octanol–water partition coefficient (Wildman–Crippen LogP) is -0.490. The molecule has 0 aromatic heterocycles. The Morgan fingerprint density at radius 3 is 2.06 bits per heavy atom. The Bertz CT molecular complexity index is 439. The summed E-state index contributed by atoms with van der Waals surface area (Å²) in [6.45, 7) is -0.899. The quantitative estimate of drug-likeness (QED) is 0.545. The molecule has 6 heteroatoms. The second-order valence-electron chi connectivity index (χ2n) is 4.19. The van der Waals surface area contributed by atoms with Crippen LogP contribution >= 0.6 is 0 Å². The highest BCUT2D eigenvalue weighted by Crippen LogP contribution is 2.25. The van der Waals surface area contributed by atoms with Gasteiger partial charge < -0.3 is 10.2 Å². The molecule has 0 spiro atoms. The summed E-state index contributed by atoms with van der Waals surface area (Å²) < 4.78 is 0. The molecule has 0 heterocycles. The zero-order valence-corrected chi connectivity index (χ0v) is 9.46. The van der Waals surface area contributed by atoms with Crippen molar-refractivity contribution in [2.45, 2.75) is 18.4 Å². The highest BCUT2D eigenvalue weighted by atomic mass is 17.2. The summed E-state index contributed by atoms with van der Waals surface area (Å²) in [7, 11) is 0. The third-order valence-electron chi connectivity index (χ3n) is 2.74. The van der Waals surface area contributed by atoms with E-state index in [1.165, 1.54) is 0 Å². The average molecular weight is 252 g/mol. The molecule has 2 bridgehead atoms. The van der Waals surface area contributed by atoms with Crippen LogP contribution in [-0.2, 0) is 32.2 Å². The molecule has 6 nitrogen and oxygen atoms in total. The van der Waals surface area contributed by atoms with Gasteiger partial charge in [-0.05, 0) is 11.1 Å². The van der Waals surface area contributed by atoms with Crippen LogP contribution < -0.4 is 0 Å². The minimum Gasteiger partial charge on any atom is -0.384 e. The van der Waals surface area contributed by atoms with Crippen LogP contribution in [-0.4, -0.2) is 34.4 Å². The predicted molar refractivity (Wildman–Crippen MR) is 58.1 cm³/mol. The van der Waals surface area contributed by atoms with E-state index in [4.69, 9.17) is 5.11 Å². The van der Waals surface area contributed by atoms with Gasteiger partial charge in [-0.15, -0.1) is 0 Å². The monoisotopic (exact) mass is 252 g/mol. The molecule has 0 amide bonds. The van der Waals surface area contributed by atoms with Crippen molar-refractivity contribution in [1.82, 2.24) is 0 Å². The third-order valence-corrected chi connectivity index (χ3v) is 2.74. The molecule has 3 rings (SSSR count). The highest BCUT2D eigenvalue weighted by molar-refractivity contribution is 5.81. The van der Waals surface area contributed by atoms with E-state index in [-0.39, 0.29) is 12.8 Å². The number of hydrogen-bond donors (Lipinski definition) is 2. The topological polar surface area (TPSA) is 93.1 Å². The van der Waals surface area contributed by atoms with Gasteiger partial charge in [0.25, 0.3) is 0 Å². The van der Waals surface area contributed by atoms with Gasteiger partial charge in [0.15, 0.2) is 5.60 Å². The van der Waals surface area contributed by atoms with E-state index in [0.717, 1.165) is 11.1 Å². The van der Waals surface area contributed by atoms with Gasteiger partial charge in [0.1, 0.15) is 6.61 Å². The summed E-state index contributed by atoms with van der Waals surface area (Å²) in [6.07, 6.45) is 0.165. The molecule has 0 fully saturated rings. The van der Waals surface area contributed by atoms with Crippen LogP contribution in [0.5, 0.6) is 0 Å². The second-order valence-corrected chi connectivity index (χ2v) is 4.19. The first-order chi connectivity index (χ1) is 8.53. The molecule has 1 aromatic carbocycles. The Morgan fingerprint density at radius 1 is 1.11 bits per heavy atom. The normalized spacial score (nSPS) is 15.9. The van der Waals surface area contributed by atoms with Crippen LogP contribution in [0, 0.1) is 0 Å². The molecule has 18 heavy (non-hydrogen) atoms. The standard InChI is InChI=1S/C12H12O6/c13-7-10(14)17-18-11(15)12(16)5-8-1-2-9(6-12)4-3-8/h1-4,13,16H,5-7H2. The second kappa shape index (κ2) is 4.75. The van der Waals surface area contributed by atoms with E-state index in [1.807, 2.05) is 0 Å². The van der Waals surface area contributed by atoms with Crippen molar-refractivity contribution in [1.29, 1.82) is 0 Å². The zero-order chi connectivity index (χ0) is 13.2. The van der Waals surface area contributed by atoms with Gasteiger partial charge in [0, 0.05) is 12.8 Å². The summed E-state index contributed by atoms with van der Waals surface area (Å²) in [5.74, 6) is -2.15. The molecule has 2 aliphatic carbocycles. The van der Waals surface area contributed by atoms with Crippen LogP contribution in [0.2, 0.25) is 0 Å². The van der Waals surface area contributed by atoms with Gasteiger partial charge in [0.2, 0.25) is 0 Å². The lowest BCUT2D eigenvalue weighted by Gasteiger charge is -2.22. The molecular formula is C12H12O6. The smallest absolute Gasteiger partial charge is 0.384 e. The fourth-order valence-corrected chi connectivity index (χ4v) is 1.85. The SMILES string of the molecule is O=C(CO)OOC(=O)C1(O)Cc2ccc(cc2)C1. The minimum absolute atomic E-state index is 0.0824. The van der Waals surface area contributed by atoms with E-state index < -0.39 is 24.1 Å². The van der Waals surface area contributed by atoms with Gasteiger partial charge in [-0.2, -0.15) is 0 Å². The van der Waals surface area contributed by atoms with Crippen LogP contribution in [0.15, 0.2) is 24.3 Å². The fourth-order valence-electron chi connectivity index (χ4n) is 1.85. The maximum Gasteiger partial charge on any atom is 0.387 e. The van der Waals surface area contributed by atoms with Crippen LogP contribution in [0.3, 0.4) is 0 Å². The van der Waals surface area contributed by atoms with Crippen molar-refractivity contribution in [3.63, 3.8) is 0 Å². The number of aliphatic hydroxyl groups is 2. The number of carbonyl (C=O) groups is 2. The van der Waals surface area contributed by atoms with E-state index in [1.54, 1.807) is 24.3 Å². The van der Waals surface area contributed by atoms with Crippen molar-refractivity contribution in [2.75, 3.05) is 6.61 Å². The first kappa shape index (κ1) is 12.5. The largest absolute Gasteiger partial charge is 0.387 e. The number of fused-ring (bicyclic) bond motifs is 4. The van der Waals surface area contributed by atoms with Crippen molar-refractivity contribution in [2.24, 2.45) is 0 Å². The Hall–Kier alpha value is -1.92. The lowest BCUT2D eigenvalue weighted by Crippen LogP contribution is -2.44. The Kier molecular flexibility index (Phi) is 3.31. The molecule has 1 aromatic rings. The average Bonchev–Trinajstić information content (AvgIpc) is 2.63. The molecule has 0 unspecified atom stereocenters. The van der Waals surface area contributed by atoms with Crippen molar-refractivity contribution < 1.29 is 29.6 Å². The van der Waals surface area contributed by atoms with Crippen molar-refractivity contribution in [3.8, 4) is 0 Å². The van der Waals surface area contributed by atoms with Gasteiger partial charge >= 0.3 is 11.9 Å². The number of benzene rings is 1. The maximum absolute atomic E-state index is 11.7. The number of carbonyl (C=O) groups excluding carboxylic acids is 2. The van der Waals surface area contributed by atoms with Gasteiger partial charge in [-0.25, -0.2) is 19.4 Å². The lowest BCUT2D eigenvalue weighted by atomic mass is 9.93. The Morgan fingerprint density at radius 2 is 1.61 bits per heavy atom. The molecular weight excluding hydrogens is 240 g/mol. The summed E-state index contributed by atoms with van der Waals surface area (Å²) in [6, 6.07) is 7.22. The van der Waals surface area contributed by atoms with E-state index >= 15 is 0 Å². The molecule has 0 atom stereocenters. The number of aliphatic hydroxyl groups excluding tert-OH is 1. The van der Waals surface area contributed by atoms with Gasteiger partial charge in [-0.3, -0.25) is 0 Å². The lowest BCUT2D eigenvalue weighted by molar-refractivity contribution is -0.272. The van der Waals surface area contributed by atoms with E-state index in [2.05, 4.69) is 9.78 Å². The number of hydrogen-bond acceptors (Lipinski definition) is 6. The number of rotatable bonds is 2. The summed E-state index contributed by atoms with van der Waals surface area (Å²) in [4.78, 5) is 30.6. The van der Waals surface area contributed by atoms with Gasteiger partial charge in [0.05, 0.1) is 0 Å². The summed E-state index contributed by atoms with van der Waals surface area (Å²) in [5.41, 5.74) is -0.193. The van der Waals surface area contributed by atoms with Crippen LogP contribution in [0.4, 0.5) is 0 Å². The Balaban J connectivity index is 2.06. The fraction of sp³-hybridized carbons (Fsp3) is 0.333. The molecule has 0 aliphatic heterocycles. The molecule has 2 N–H and O–H groups in total. The highest BCUT2D eigenvalue weighted by Gasteiger charge is 2.41. The molecule has 2 aliphatic rings. The van der Waals surface area contributed by atoms with Crippen molar-refractivity contribution >= 4 is 11.9 Å². The Labute approximate surface area is 103 Å². The molecule has 0 saturated heterocycles. The van der Waals surface area contributed by atoms with E-state index in [9.17, 15) is 14.7 Å². The summed E-state index contributed by atoms with van der Waals surface area (Å²) in [5, 5.41) is 18.6. The maximum atomic E-state index is 11.7. The van der Waals surface area contributed by atoms with Crippen LogP contribution in [0.25, 0.3) is 0 Å². The molecule has 0 radical (unpaired) electrons. The summed E-state index contributed by atoms with van der Waals surface area (Å²) >= 11 is 0. The first-order valence-electron chi connectivity index (χ1n) is 5.36. The van der Waals surface area contributed by atoms with Gasteiger partial charge in [-0.1, -0.05) is 24.3 Å².